The number of rotatable bonds is 4. The van der Waals surface area contributed by atoms with Crippen LogP contribution in [0.25, 0.3) is 10.9 Å². The molecule has 3 rings (SSSR count). The van der Waals surface area contributed by atoms with Gasteiger partial charge in [-0.2, -0.15) is 0 Å². The Labute approximate surface area is 124 Å². The summed E-state index contributed by atoms with van der Waals surface area (Å²) in [6, 6.07) is 18.0. The van der Waals surface area contributed by atoms with E-state index in [4.69, 9.17) is 0 Å². The number of benzene rings is 2. The standard InChI is InChI=1S/C18H18N2O/c1-3-18(21)15-9-5-6-10-16(15)19-20-13(2)12-14-8-4-7-11-17(14)20/h4-12,19H,3H2,1-2H3. The second-order valence-corrected chi connectivity index (χ2v) is 5.11. The highest BCUT2D eigenvalue weighted by atomic mass is 16.1. The normalized spacial score (nSPS) is 10.8. The lowest BCUT2D eigenvalue weighted by Gasteiger charge is -2.14. The Morgan fingerprint density at radius 2 is 1.81 bits per heavy atom. The molecule has 0 aliphatic rings. The van der Waals surface area contributed by atoms with E-state index >= 15 is 0 Å². The number of carbonyl (C=O) groups excluding carboxylic acids is 1. The summed E-state index contributed by atoms with van der Waals surface area (Å²) in [5, 5.41) is 1.18. The molecular formula is C18H18N2O. The van der Waals surface area contributed by atoms with Crippen LogP contribution >= 0.6 is 0 Å². The van der Waals surface area contributed by atoms with E-state index in [1.54, 1.807) is 0 Å². The molecule has 106 valence electrons. The Bertz CT molecular complexity index is 802. The van der Waals surface area contributed by atoms with Crippen molar-refractivity contribution in [3.63, 3.8) is 0 Å². The number of nitrogens with zero attached hydrogens (tertiary/aromatic N) is 1. The number of carbonyl (C=O) groups is 1. The van der Waals surface area contributed by atoms with Crippen molar-refractivity contribution in [3.8, 4) is 0 Å². The number of nitrogens with one attached hydrogen (secondary N) is 1. The number of aromatic nitrogens is 1. The number of fused-ring (bicyclic) bond motifs is 1. The van der Waals surface area contributed by atoms with Gasteiger partial charge in [0.25, 0.3) is 0 Å². The Balaban J connectivity index is 2.07. The van der Waals surface area contributed by atoms with Gasteiger partial charge in [0.2, 0.25) is 0 Å². The van der Waals surface area contributed by atoms with E-state index in [1.165, 1.54) is 5.39 Å². The summed E-state index contributed by atoms with van der Waals surface area (Å²) < 4.78 is 2.02. The Morgan fingerprint density at radius 1 is 1.10 bits per heavy atom. The fourth-order valence-electron chi connectivity index (χ4n) is 2.58. The Kier molecular flexibility index (Phi) is 3.48. The number of ketones is 1. The first-order valence-corrected chi connectivity index (χ1v) is 7.17. The van der Waals surface area contributed by atoms with Crippen molar-refractivity contribution in [2.24, 2.45) is 0 Å². The molecule has 3 heteroatoms. The minimum Gasteiger partial charge on any atom is -0.294 e. The van der Waals surface area contributed by atoms with Gasteiger partial charge in [0.1, 0.15) is 0 Å². The average Bonchev–Trinajstić information content (AvgIpc) is 2.83. The van der Waals surface area contributed by atoms with Crippen molar-refractivity contribution >= 4 is 22.4 Å². The first-order chi connectivity index (χ1) is 10.2. The number of hydrogen-bond donors (Lipinski definition) is 1. The van der Waals surface area contributed by atoms with Crippen LogP contribution in [0.15, 0.2) is 54.6 Å². The lowest BCUT2D eigenvalue weighted by atomic mass is 10.1. The molecule has 0 fully saturated rings. The lowest BCUT2D eigenvalue weighted by Crippen LogP contribution is -2.13. The van der Waals surface area contributed by atoms with Crippen molar-refractivity contribution in [3.05, 3.63) is 65.9 Å². The molecule has 1 aromatic heterocycles. The van der Waals surface area contributed by atoms with Crippen molar-refractivity contribution in [2.75, 3.05) is 5.43 Å². The van der Waals surface area contributed by atoms with Gasteiger partial charge in [0.05, 0.1) is 11.2 Å². The molecule has 0 saturated carbocycles. The van der Waals surface area contributed by atoms with E-state index in [0.717, 1.165) is 22.5 Å². The molecule has 0 bridgehead atoms. The smallest absolute Gasteiger partial charge is 0.164 e. The number of Topliss-reactive ketones (excluding diaryl/α,β-unsaturated/α-hetero) is 1. The number of anilines is 1. The van der Waals surface area contributed by atoms with Crippen molar-refractivity contribution in [2.45, 2.75) is 20.3 Å². The van der Waals surface area contributed by atoms with Crippen LogP contribution in [0.2, 0.25) is 0 Å². The van der Waals surface area contributed by atoms with E-state index in [0.29, 0.717) is 6.42 Å². The van der Waals surface area contributed by atoms with Gasteiger partial charge in [-0.05, 0) is 31.2 Å². The Hall–Kier alpha value is -2.55. The topological polar surface area (TPSA) is 34.0 Å². The van der Waals surface area contributed by atoms with Gasteiger partial charge in [-0.15, -0.1) is 0 Å². The van der Waals surface area contributed by atoms with Crippen LogP contribution in [0.4, 0.5) is 5.69 Å². The zero-order chi connectivity index (χ0) is 14.8. The molecule has 0 spiro atoms. The van der Waals surface area contributed by atoms with E-state index in [-0.39, 0.29) is 5.78 Å². The van der Waals surface area contributed by atoms with Gasteiger partial charge >= 0.3 is 0 Å². The molecule has 1 heterocycles. The average molecular weight is 278 g/mol. The summed E-state index contributed by atoms with van der Waals surface area (Å²) in [5.41, 5.74) is 7.16. The summed E-state index contributed by atoms with van der Waals surface area (Å²) in [5.74, 6) is 0.146. The minimum atomic E-state index is 0.146. The summed E-state index contributed by atoms with van der Waals surface area (Å²) in [4.78, 5) is 12.1. The lowest BCUT2D eigenvalue weighted by molar-refractivity contribution is 0.0989. The van der Waals surface area contributed by atoms with Crippen LogP contribution in [0.5, 0.6) is 0 Å². The molecule has 0 radical (unpaired) electrons. The van der Waals surface area contributed by atoms with Crippen LogP contribution in [0, 0.1) is 6.92 Å². The van der Waals surface area contributed by atoms with Crippen LogP contribution in [-0.4, -0.2) is 10.5 Å². The number of aryl methyl sites for hydroxylation is 1. The van der Waals surface area contributed by atoms with Gasteiger partial charge in [0, 0.05) is 23.1 Å². The molecule has 21 heavy (non-hydrogen) atoms. The zero-order valence-corrected chi connectivity index (χ0v) is 12.3. The quantitative estimate of drug-likeness (QED) is 0.717. The van der Waals surface area contributed by atoms with E-state index in [9.17, 15) is 4.79 Å². The highest BCUT2D eigenvalue weighted by Gasteiger charge is 2.11. The third-order valence-corrected chi connectivity index (χ3v) is 3.68. The largest absolute Gasteiger partial charge is 0.294 e. The first kappa shape index (κ1) is 13.4. The van der Waals surface area contributed by atoms with Crippen LogP contribution in [-0.2, 0) is 0 Å². The van der Waals surface area contributed by atoms with E-state index in [1.807, 2.05) is 48.0 Å². The number of para-hydroxylation sites is 2. The van der Waals surface area contributed by atoms with Crippen LogP contribution in [0.1, 0.15) is 29.4 Å². The highest BCUT2D eigenvalue weighted by molar-refractivity contribution is 6.01. The third kappa shape index (κ3) is 2.42. The summed E-state index contributed by atoms with van der Waals surface area (Å²) in [6.45, 7) is 3.94. The van der Waals surface area contributed by atoms with Crippen molar-refractivity contribution in [1.82, 2.24) is 4.68 Å². The summed E-state index contributed by atoms with van der Waals surface area (Å²) in [6.07, 6.45) is 0.504. The molecule has 0 aliphatic heterocycles. The second-order valence-electron chi connectivity index (χ2n) is 5.11. The van der Waals surface area contributed by atoms with Gasteiger partial charge in [-0.25, -0.2) is 0 Å². The molecule has 2 aromatic carbocycles. The van der Waals surface area contributed by atoms with Crippen molar-refractivity contribution in [1.29, 1.82) is 0 Å². The molecular weight excluding hydrogens is 260 g/mol. The first-order valence-electron chi connectivity index (χ1n) is 7.17. The van der Waals surface area contributed by atoms with Crippen LogP contribution in [0.3, 0.4) is 0 Å². The van der Waals surface area contributed by atoms with Crippen LogP contribution < -0.4 is 5.43 Å². The predicted octanol–water partition coefficient (Wildman–Crippen LogP) is 4.42. The SMILES string of the molecule is CCC(=O)c1ccccc1Nn1c(C)cc2ccccc21. The van der Waals surface area contributed by atoms with E-state index < -0.39 is 0 Å². The van der Waals surface area contributed by atoms with E-state index in [2.05, 4.69) is 30.5 Å². The van der Waals surface area contributed by atoms with Crippen molar-refractivity contribution < 1.29 is 4.79 Å². The summed E-state index contributed by atoms with van der Waals surface area (Å²) in [7, 11) is 0. The molecule has 1 N–H and O–H groups in total. The fourth-order valence-corrected chi connectivity index (χ4v) is 2.58. The molecule has 0 saturated heterocycles. The molecule has 3 nitrogen and oxygen atoms in total. The molecule has 0 atom stereocenters. The maximum absolute atomic E-state index is 12.1. The highest BCUT2D eigenvalue weighted by Crippen LogP contribution is 2.22. The number of hydrogen-bond acceptors (Lipinski definition) is 2. The molecule has 0 amide bonds. The molecule has 0 aliphatic carbocycles. The molecule has 3 aromatic rings. The maximum atomic E-state index is 12.1. The van der Waals surface area contributed by atoms with Gasteiger partial charge in [-0.1, -0.05) is 37.3 Å². The van der Waals surface area contributed by atoms with Gasteiger partial charge in [0.15, 0.2) is 5.78 Å². The fraction of sp³-hybridized carbons (Fsp3) is 0.167. The third-order valence-electron chi connectivity index (χ3n) is 3.68. The predicted molar refractivity (Wildman–Crippen MR) is 86.8 cm³/mol. The summed E-state index contributed by atoms with van der Waals surface area (Å²) >= 11 is 0. The zero-order valence-electron chi connectivity index (χ0n) is 12.3. The second kappa shape index (κ2) is 5.44. The van der Waals surface area contributed by atoms with Gasteiger partial charge < -0.3 is 0 Å². The maximum Gasteiger partial charge on any atom is 0.164 e. The Morgan fingerprint density at radius 3 is 2.62 bits per heavy atom. The molecule has 0 unspecified atom stereocenters. The monoisotopic (exact) mass is 278 g/mol. The minimum absolute atomic E-state index is 0.146. The van der Waals surface area contributed by atoms with Gasteiger partial charge in [-0.3, -0.25) is 14.9 Å².